The molecule has 0 aliphatic heterocycles. The zero-order valence-corrected chi connectivity index (χ0v) is 12.3. The first-order valence-corrected chi connectivity index (χ1v) is 7.52. The molecule has 3 aromatic rings. The van der Waals surface area contributed by atoms with E-state index in [1.165, 1.54) is 6.07 Å². The third-order valence-corrected chi connectivity index (χ3v) is 4.28. The topological polar surface area (TPSA) is 28.7 Å². The predicted octanol–water partition coefficient (Wildman–Crippen LogP) is 4.76. The van der Waals surface area contributed by atoms with Crippen LogP contribution in [0, 0.1) is 5.82 Å². The summed E-state index contributed by atoms with van der Waals surface area (Å²) in [5, 5.41) is 0.877. The van der Waals surface area contributed by atoms with Crippen molar-refractivity contribution in [2.75, 3.05) is 0 Å². The van der Waals surface area contributed by atoms with Crippen LogP contribution < -0.4 is 0 Å². The van der Waals surface area contributed by atoms with E-state index in [1.54, 1.807) is 23.9 Å². The molecule has 5 heteroatoms. The smallest absolute Gasteiger partial charge is 0.166 e. The van der Waals surface area contributed by atoms with Crippen LogP contribution in [0.3, 0.4) is 0 Å². The molecule has 1 heterocycles. The summed E-state index contributed by atoms with van der Waals surface area (Å²) in [5.74, 6) is 0.510. The van der Waals surface area contributed by atoms with Crippen molar-refractivity contribution >= 4 is 38.7 Å². The van der Waals surface area contributed by atoms with Gasteiger partial charge in [-0.2, -0.15) is 0 Å². The van der Waals surface area contributed by atoms with Gasteiger partial charge in [0.2, 0.25) is 0 Å². The molecule has 2 aromatic carbocycles. The van der Waals surface area contributed by atoms with Gasteiger partial charge in [-0.05, 0) is 45.8 Å². The van der Waals surface area contributed by atoms with Crippen LogP contribution in [0.15, 0.2) is 52.1 Å². The van der Waals surface area contributed by atoms with Crippen LogP contribution in [-0.2, 0) is 5.75 Å². The lowest BCUT2D eigenvalue weighted by Crippen LogP contribution is -1.84. The minimum Gasteiger partial charge on any atom is -0.333 e. The van der Waals surface area contributed by atoms with Crippen molar-refractivity contribution in [1.82, 2.24) is 9.97 Å². The SMILES string of the molecule is Fc1ccc(CSc2nc3ccccc3[nH]2)cc1Br. The Bertz CT molecular complexity index is 693. The zero-order valence-electron chi connectivity index (χ0n) is 9.86. The van der Waals surface area contributed by atoms with Gasteiger partial charge in [-0.25, -0.2) is 9.37 Å². The van der Waals surface area contributed by atoms with Crippen LogP contribution in [-0.4, -0.2) is 9.97 Å². The Kier molecular flexibility index (Phi) is 3.57. The maximum atomic E-state index is 13.1. The maximum Gasteiger partial charge on any atom is 0.166 e. The molecule has 0 saturated carbocycles. The average Bonchev–Trinajstić information content (AvgIpc) is 2.83. The lowest BCUT2D eigenvalue weighted by Gasteiger charge is -2.01. The molecule has 0 radical (unpaired) electrons. The molecule has 1 N–H and O–H groups in total. The number of halogens is 2. The fourth-order valence-corrected chi connectivity index (χ4v) is 3.03. The lowest BCUT2D eigenvalue weighted by molar-refractivity contribution is 0.620. The van der Waals surface area contributed by atoms with Crippen molar-refractivity contribution in [3.63, 3.8) is 0 Å². The Morgan fingerprint density at radius 2 is 2.05 bits per heavy atom. The number of nitrogens with one attached hydrogen (secondary N) is 1. The molecule has 0 unspecified atom stereocenters. The van der Waals surface area contributed by atoms with Crippen molar-refractivity contribution in [3.8, 4) is 0 Å². The standard InChI is InChI=1S/C14H10BrFN2S/c15-10-7-9(5-6-11(10)16)8-19-14-17-12-3-1-2-4-13(12)18-14/h1-7H,8H2,(H,17,18). The molecule has 0 spiro atoms. The first-order valence-electron chi connectivity index (χ1n) is 5.74. The normalized spacial score (nSPS) is 11.1. The number of hydrogen-bond donors (Lipinski definition) is 1. The number of rotatable bonds is 3. The summed E-state index contributed by atoms with van der Waals surface area (Å²) in [4.78, 5) is 7.75. The number of nitrogens with zero attached hydrogens (tertiary/aromatic N) is 1. The Morgan fingerprint density at radius 1 is 1.21 bits per heavy atom. The molecular weight excluding hydrogens is 327 g/mol. The van der Waals surface area contributed by atoms with E-state index >= 15 is 0 Å². The van der Waals surface area contributed by atoms with Crippen molar-refractivity contribution < 1.29 is 4.39 Å². The summed E-state index contributed by atoms with van der Waals surface area (Å²) in [5.41, 5.74) is 3.05. The number of H-pyrrole nitrogens is 1. The van der Waals surface area contributed by atoms with Crippen LogP contribution in [0.25, 0.3) is 11.0 Å². The molecule has 2 nitrogen and oxygen atoms in total. The molecule has 0 aliphatic carbocycles. The van der Waals surface area contributed by atoms with E-state index in [-0.39, 0.29) is 5.82 Å². The molecule has 0 aliphatic rings. The number of aromatic nitrogens is 2. The molecule has 3 rings (SSSR count). The lowest BCUT2D eigenvalue weighted by atomic mass is 10.2. The summed E-state index contributed by atoms with van der Waals surface area (Å²) < 4.78 is 13.6. The molecule has 0 saturated heterocycles. The van der Waals surface area contributed by atoms with E-state index in [2.05, 4.69) is 25.9 Å². The zero-order chi connectivity index (χ0) is 13.2. The van der Waals surface area contributed by atoms with Gasteiger partial charge in [-0.15, -0.1) is 0 Å². The average molecular weight is 337 g/mol. The number of para-hydroxylation sites is 2. The second kappa shape index (κ2) is 5.35. The Balaban J connectivity index is 1.76. The van der Waals surface area contributed by atoms with Crippen LogP contribution >= 0.6 is 27.7 Å². The van der Waals surface area contributed by atoms with E-state index in [4.69, 9.17) is 0 Å². The number of fused-ring (bicyclic) bond motifs is 1. The Labute approximate surface area is 122 Å². The van der Waals surface area contributed by atoms with Crippen LogP contribution in [0.4, 0.5) is 4.39 Å². The maximum absolute atomic E-state index is 13.1. The van der Waals surface area contributed by atoms with Gasteiger partial charge in [0.15, 0.2) is 5.16 Å². The Hall–Kier alpha value is -1.33. The van der Waals surface area contributed by atoms with Gasteiger partial charge < -0.3 is 4.98 Å². The van der Waals surface area contributed by atoms with Gasteiger partial charge in [0, 0.05) is 5.75 Å². The third kappa shape index (κ3) is 2.82. The third-order valence-electron chi connectivity index (χ3n) is 2.73. The molecule has 0 fully saturated rings. The second-order valence-corrected chi connectivity index (χ2v) is 5.91. The van der Waals surface area contributed by atoms with Gasteiger partial charge in [0.05, 0.1) is 15.5 Å². The van der Waals surface area contributed by atoms with Gasteiger partial charge in [-0.3, -0.25) is 0 Å². The second-order valence-electron chi connectivity index (χ2n) is 4.10. The highest BCUT2D eigenvalue weighted by Crippen LogP contribution is 2.25. The number of benzene rings is 2. The molecule has 96 valence electrons. The molecule has 0 amide bonds. The van der Waals surface area contributed by atoms with Crippen LogP contribution in [0.5, 0.6) is 0 Å². The first kappa shape index (κ1) is 12.7. The number of imidazole rings is 1. The van der Waals surface area contributed by atoms with Gasteiger partial charge in [0.25, 0.3) is 0 Å². The van der Waals surface area contributed by atoms with Gasteiger partial charge >= 0.3 is 0 Å². The predicted molar refractivity (Wildman–Crippen MR) is 79.8 cm³/mol. The quantitative estimate of drug-likeness (QED) is 0.698. The number of thioether (sulfide) groups is 1. The molecule has 0 atom stereocenters. The Morgan fingerprint density at radius 3 is 2.84 bits per heavy atom. The van der Waals surface area contributed by atoms with Crippen molar-refractivity contribution in [3.05, 3.63) is 58.3 Å². The summed E-state index contributed by atoms with van der Waals surface area (Å²) >= 11 is 4.80. The summed E-state index contributed by atoms with van der Waals surface area (Å²) in [6.45, 7) is 0. The van der Waals surface area contributed by atoms with Gasteiger partial charge in [-0.1, -0.05) is 30.0 Å². The minimum atomic E-state index is -0.238. The molecule has 0 bridgehead atoms. The van der Waals surface area contributed by atoms with Crippen LogP contribution in [0.1, 0.15) is 5.56 Å². The summed E-state index contributed by atoms with van der Waals surface area (Å²) in [7, 11) is 0. The first-order chi connectivity index (χ1) is 9.22. The highest BCUT2D eigenvalue weighted by atomic mass is 79.9. The highest BCUT2D eigenvalue weighted by molar-refractivity contribution is 9.10. The van der Waals surface area contributed by atoms with Gasteiger partial charge in [0.1, 0.15) is 5.82 Å². The van der Waals surface area contributed by atoms with E-state index in [0.717, 1.165) is 27.5 Å². The molecular formula is C14H10BrFN2S. The van der Waals surface area contributed by atoms with Crippen molar-refractivity contribution in [1.29, 1.82) is 0 Å². The highest BCUT2D eigenvalue weighted by Gasteiger charge is 2.05. The minimum absolute atomic E-state index is 0.238. The van der Waals surface area contributed by atoms with Crippen molar-refractivity contribution in [2.45, 2.75) is 10.9 Å². The fourth-order valence-electron chi connectivity index (χ4n) is 1.78. The summed E-state index contributed by atoms with van der Waals surface area (Å²) in [6.07, 6.45) is 0. The fraction of sp³-hybridized carbons (Fsp3) is 0.0714. The van der Waals surface area contributed by atoms with Crippen LogP contribution in [0.2, 0.25) is 0 Å². The van der Waals surface area contributed by atoms with E-state index < -0.39 is 0 Å². The largest absolute Gasteiger partial charge is 0.333 e. The van der Waals surface area contributed by atoms with E-state index in [0.29, 0.717) is 4.47 Å². The molecule has 19 heavy (non-hydrogen) atoms. The van der Waals surface area contributed by atoms with E-state index in [9.17, 15) is 4.39 Å². The summed E-state index contributed by atoms with van der Waals surface area (Å²) in [6, 6.07) is 13.0. The number of hydrogen-bond acceptors (Lipinski definition) is 2. The van der Waals surface area contributed by atoms with Crippen molar-refractivity contribution in [2.24, 2.45) is 0 Å². The molecule has 1 aromatic heterocycles. The van der Waals surface area contributed by atoms with E-state index in [1.807, 2.05) is 24.3 Å². The number of aromatic amines is 1. The monoisotopic (exact) mass is 336 g/mol.